The molecule has 136 valence electrons. The maximum absolute atomic E-state index is 10.6. The summed E-state index contributed by atoms with van der Waals surface area (Å²) in [5.74, 6) is 0.215. The standard InChI is InChI=1S/C22H21N3OS/c1-13-9-10-16(11-14(13)2)24-22-25(4)21(26)20(27-22)12-18-15(3)23-19-8-6-5-7-17(18)19/h5-12,26H,1-4H3/b18-12-,24-22?. The maximum atomic E-state index is 10.6. The second kappa shape index (κ2) is 6.67. The topological polar surface area (TPSA) is 49.9 Å². The summed E-state index contributed by atoms with van der Waals surface area (Å²) in [5, 5.41) is 10.6. The fourth-order valence-corrected chi connectivity index (χ4v) is 4.09. The molecule has 0 spiro atoms. The molecular weight excluding hydrogens is 354 g/mol. The number of allylic oxidation sites excluding steroid dienone is 1. The van der Waals surface area contributed by atoms with E-state index in [1.54, 1.807) is 4.57 Å². The molecule has 0 atom stereocenters. The number of aliphatic imine (C=N–C) groups is 1. The molecule has 4 nitrogen and oxygen atoms in total. The molecule has 0 unspecified atom stereocenters. The number of hydrogen-bond donors (Lipinski definition) is 1. The van der Waals surface area contributed by atoms with Crippen LogP contribution < -0.4 is 4.80 Å². The Hall–Kier alpha value is -2.92. The van der Waals surface area contributed by atoms with Crippen LogP contribution in [0.1, 0.15) is 28.5 Å². The number of aromatic hydroxyl groups is 1. The van der Waals surface area contributed by atoms with E-state index < -0.39 is 0 Å². The number of aryl methyl sites for hydroxylation is 2. The van der Waals surface area contributed by atoms with E-state index in [2.05, 4.69) is 37.0 Å². The Morgan fingerprint density at radius 1 is 1.07 bits per heavy atom. The van der Waals surface area contributed by atoms with E-state index in [-0.39, 0.29) is 5.88 Å². The lowest BCUT2D eigenvalue weighted by Crippen LogP contribution is -2.08. The summed E-state index contributed by atoms with van der Waals surface area (Å²) in [7, 11) is 1.83. The molecule has 1 N–H and O–H groups in total. The Bertz CT molecular complexity index is 1180. The minimum absolute atomic E-state index is 0.215. The van der Waals surface area contributed by atoms with Crippen LogP contribution in [0, 0.1) is 13.8 Å². The first-order valence-electron chi connectivity index (χ1n) is 8.81. The van der Waals surface area contributed by atoms with E-state index in [1.165, 1.54) is 22.5 Å². The summed E-state index contributed by atoms with van der Waals surface area (Å²) in [6, 6.07) is 14.2. The van der Waals surface area contributed by atoms with Crippen molar-refractivity contribution in [2.75, 3.05) is 0 Å². The van der Waals surface area contributed by atoms with Crippen LogP contribution in [0.25, 0.3) is 11.6 Å². The van der Waals surface area contributed by atoms with Crippen LogP contribution in [0.4, 0.5) is 11.4 Å². The van der Waals surface area contributed by atoms with Crippen molar-refractivity contribution in [2.24, 2.45) is 17.0 Å². The lowest BCUT2D eigenvalue weighted by atomic mass is 10.0. The Kier molecular flexibility index (Phi) is 4.32. The lowest BCUT2D eigenvalue weighted by Gasteiger charge is -2.01. The number of benzene rings is 2. The summed E-state index contributed by atoms with van der Waals surface area (Å²) in [4.78, 5) is 10.9. The van der Waals surface area contributed by atoms with Gasteiger partial charge in [0.2, 0.25) is 5.88 Å². The highest BCUT2D eigenvalue weighted by atomic mass is 32.1. The molecule has 2 aromatic carbocycles. The zero-order valence-corrected chi connectivity index (χ0v) is 16.6. The number of fused-ring (bicyclic) bond motifs is 1. The van der Waals surface area contributed by atoms with Crippen LogP contribution in [0.5, 0.6) is 5.88 Å². The van der Waals surface area contributed by atoms with Gasteiger partial charge in [0.1, 0.15) is 0 Å². The molecule has 4 rings (SSSR count). The van der Waals surface area contributed by atoms with Crippen molar-refractivity contribution in [3.63, 3.8) is 0 Å². The van der Waals surface area contributed by atoms with E-state index in [1.807, 2.05) is 44.3 Å². The normalized spacial score (nSPS) is 15.3. The Labute approximate surface area is 162 Å². The van der Waals surface area contributed by atoms with Gasteiger partial charge in [-0.3, -0.25) is 9.56 Å². The van der Waals surface area contributed by atoms with Gasteiger partial charge in [-0.15, -0.1) is 0 Å². The molecule has 0 amide bonds. The van der Waals surface area contributed by atoms with Gasteiger partial charge in [-0.05, 0) is 56.2 Å². The molecule has 2 heterocycles. The first-order valence-corrected chi connectivity index (χ1v) is 9.63. The number of nitrogens with zero attached hydrogens (tertiary/aromatic N) is 3. The summed E-state index contributed by atoms with van der Waals surface area (Å²) < 4.78 is 1.72. The van der Waals surface area contributed by atoms with Gasteiger partial charge in [0.25, 0.3) is 0 Å². The highest BCUT2D eigenvalue weighted by Gasteiger charge is 2.18. The van der Waals surface area contributed by atoms with Gasteiger partial charge in [0.15, 0.2) is 4.80 Å². The first kappa shape index (κ1) is 17.5. The minimum atomic E-state index is 0.215. The van der Waals surface area contributed by atoms with Gasteiger partial charge < -0.3 is 5.11 Å². The van der Waals surface area contributed by atoms with Gasteiger partial charge >= 0.3 is 0 Å². The average molecular weight is 375 g/mol. The quantitative estimate of drug-likeness (QED) is 0.650. The Morgan fingerprint density at radius 3 is 2.63 bits per heavy atom. The second-order valence-electron chi connectivity index (χ2n) is 6.78. The Balaban J connectivity index is 1.81. The van der Waals surface area contributed by atoms with Crippen LogP contribution in [-0.2, 0) is 7.05 Å². The smallest absolute Gasteiger partial charge is 0.210 e. The van der Waals surface area contributed by atoms with Gasteiger partial charge in [-0.2, -0.15) is 0 Å². The van der Waals surface area contributed by atoms with E-state index in [0.29, 0.717) is 0 Å². The minimum Gasteiger partial charge on any atom is -0.493 e. The SMILES string of the molecule is CC1=Nc2ccccc2/C1=C\c1sc(=Nc2ccc(C)c(C)c2)n(C)c1O. The first-order chi connectivity index (χ1) is 12.9. The number of hydrogen-bond acceptors (Lipinski definition) is 4. The van der Waals surface area contributed by atoms with Crippen molar-refractivity contribution in [3.05, 3.63) is 68.8 Å². The molecule has 0 aliphatic carbocycles. The van der Waals surface area contributed by atoms with Crippen LogP contribution in [0.2, 0.25) is 0 Å². The molecule has 1 aliphatic heterocycles. The largest absolute Gasteiger partial charge is 0.493 e. The van der Waals surface area contributed by atoms with Crippen molar-refractivity contribution in [2.45, 2.75) is 20.8 Å². The van der Waals surface area contributed by atoms with Crippen molar-refractivity contribution in [1.82, 2.24) is 4.57 Å². The molecular formula is C22H21N3OS. The monoisotopic (exact) mass is 375 g/mol. The number of thiazole rings is 1. The number of para-hydroxylation sites is 1. The zero-order chi connectivity index (χ0) is 19.1. The lowest BCUT2D eigenvalue weighted by molar-refractivity contribution is 0.427. The van der Waals surface area contributed by atoms with Crippen LogP contribution in [0.15, 0.2) is 52.4 Å². The summed E-state index contributed by atoms with van der Waals surface area (Å²) in [6.45, 7) is 6.16. The van der Waals surface area contributed by atoms with Gasteiger partial charge in [0, 0.05) is 23.9 Å². The van der Waals surface area contributed by atoms with Crippen molar-refractivity contribution in [3.8, 4) is 5.88 Å². The predicted octanol–water partition coefficient (Wildman–Crippen LogP) is 5.29. The summed E-state index contributed by atoms with van der Waals surface area (Å²) in [5.41, 5.74) is 7.40. The maximum Gasteiger partial charge on any atom is 0.210 e. The molecule has 0 fully saturated rings. The predicted molar refractivity (Wildman–Crippen MR) is 113 cm³/mol. The molecule has 1 aliphatic rings. The molecule has 5 heteroatoms. The highest BCUT2D eigenvalue weighted by molar-refractivity contribution is 7.10. The molecule has 3 aromatic rings. The zero-order valence-electron chi connectivity index (χ0n) is 15.8. The van der Waals surface area contributed by atoms with E-state index >= 15 is 0 Å². The van der Waals surface area contributed by atoms with Gasteiger partial charge in [0.05, 0.1) is 16.3 Å². The number of aromatic nitrogens is 1. The molecule has 0 saturated heterocycles. The molecule has 0 bridgehead atoms. The van der Waals surface area contributed by atoms with Crippen molar-refractivity contribution in [1.29, 1.82) is 0 Å². The van der Waals surface area contributed by atoms with E-state index in [4.69, 9.17) is 4.99 Å². The highest BCUT2D eigenvalue weighted by Crippen LogP contribution is 2.37. The van der Waals surface area contributed by atoms with E-state index in [9.17, 15) is 5.11 Å². The van der Waals surface area contributed by atoms with Gasteiger partial charge in [-0.1, -0.05) is 35.6 Å². The fourth-order valence-electron chi connectivity index (χ4n) is 3.11. The molecule has 1 aromatic heterocycles. The van der Waals surface area contributed by atoms with Crippen LogP contribution >= 0.6 is 11.3 Å². The molecule has 0 saturated carbocycles. The van der Waals surface area contributed by atoms with Gasteiger partial charge in [-0.25, -0.2) is 4.99 Å². The third-order valence-electron chi connectivity index (χ3n) is 4.89. The van der Waals surface area contributed by atoms with E-state index in [0.717, 1.165) is 37.9 Å². The average Bonchev–Trinajstić information content (AvgIpc) is 3.10. The number of rotatable bonds is 2. The van der Waals surface area contributed by atoms with Crippen LogP contribution in [-0.4, -0.2) is 15.4 Å². The molecule has 27 heavy (non-hydrogen) atoms. The third kappa shape index (κ3) is 3.15. The van der Waals surface area contributed by atoms with Crippen molar-refractivity contribution < 1.29 is 5.11 Å². The third-order valence-corrected chi connectivity index (χ3v) is 5.96. The van der Waals surface area contributed by atoms with Crippen LogP contribution in [0.3, 0.4) is 0 Å². The fraction of sp³-hybridized carbons (Fsp3) is 0.182. The van der Waals surface area contributed by atoms with Crippen molar-refractivity contribution >= 4 is 40.1 Å². The molecule has 0 radical (unpaired) electrons. The summed E-state index contributed by atoms with van der Waals surface area (Å²) >= 11 is 1.47. The second-order valence-corrected chi connectivity index (χ2v) is 7.79. The summed E-state index contributed by atoms with van der Waals surface area (Å²) in [6.07, 6.45) is 2.00. The Morgan fingerprint density at radius 2 is 1.85 bits per heavy atom.